The highest BCUT2D eigenvalue weighted by Crippen LogP contribution is 2.64. The van der Waals surface area contributed by atoms with Crippen molar-refractivity contribution >= 4 is 43.8 Å². The summed E-state index contributed by atoms with van der Waals surface area (Å²) in [5.41, 5.74) is 4.99. The minimum absolute atomic E-state index is 0. The van der Waals surface area contributed by atoms with Crippen LogP contribution in [0.5, 0.6) is 11.5 Å². The molecule has 8 nitrogen and oxygen atoms in total. The van der Waals surface area contributed by atoms with Crippen LogP contribution < -0.4 is 9.47 Å². The zero-order valence-corrected chi connectivity index (χ0v) is 36.8. The predicted molar refractivity (Wildman–Crippen MR) is 243 cm³/mol. The molecule has 0 spiro atoms. The number of likely N-dealkylation sites (N-methyl/N-ethyl adjacent to an activating group) is 2. The maximum absolute atomic E-state index is 13.4. The van der Waals surface area contributed by atoms with Crippen LogP contribution in [0.1, 0.15) is 85.8 Å². The Morgan fingerprint density at radius 3 is 1.50 bits per heavy atom. The lowest BCUT2D eigenvalue weighted by Gasteiger charge is -2.34. The van der Waals surface area contributed by atoms with Crippen molar-refractivity contribution in [1.82, 2.24) is 19.8 Å². The van der Waals surface area contributed by atoms with E-state index in [0.717, 1.165) is 91.8 Å². The van der Waals surface area contributed by atoms with Gasteiger partial charge in [0.15, 0.2) is 0 Å². The molecule has 2 fully saturated rings. The second-order valence-electron chi connectivity index (χ2n) is 15.9. The van der Waals surface area contributed by atoms with Crippen molar-refractivity contribution in [2.75, 3.05) is 60.0 Å². The number of hydrogen-bond acceptors (Lipinski definition) is 6. The van der Waals surface area contributed by atoms with Crippen molar-refractivity contribution in [1.29, 1.82) is 0 Å². The zero-order valence-electron chi connectivity index (χ0n) is 36.0. The van der Waals surface area contributed by atoms with Gasteiger partial charge in [0.25, 0.3) is 0 Å². The van der Waals surface area contributed by atoms with Crippen LogP contribution in [0, 0.1) is 0 Å². The number of H-pyrrole nitrogens is 2. The molecular weight excluding hydrogens is 717 g/mol. The fourth-order valence-electron chi connectivity index (χ4n) is 7.61. The third-order valence-corrected chi connectivity index (χ3v) is 13.9. The Labute approximate surface area is 341 Å². The molecule has 0 aliphatic heterocycles. The zero-order chi connectivity index (χ0) is 41.1. The SMILES string of the molecule is CC.CC.CN(C)CCc1c[nH]c2cccc(OC(=O)C3(S(C)(C)C)CC3)c12.CN(C)CCc1c[nH]c2cccc(OC(=O)C3(c4ccccc4)CCCC3)c12.[HH].[HH]. The standard InChI is InChI=1S/C24H28N2O2.C19H28N2O2S.2C2H6.2H2/c1-26(2)16-13-18-17-25-20-11-8-12-21(22(18)20)28-23(27)24(14-6-7-15-24)19-9-4-3-5-10-19;1-21(2)12-9-14-13-20-15-7-6-8-16(17(14)15)23-18(22)19(10-11-19)24(3,4)5;2*1-2;;/h3-5,8-12,17,25H,6-7,13-16H2,1-2H3;6-8,13,20H,9-12H2,1-5H3;2*1-2H3;2*1H. The Hall–Kier alpha value is -4.05. The number of ether oxygens (including phenoxy) is 2. The number of aromatic amines is 2. The van der Waals surface area contributed by atoms with Crippen LogP contribution >= 0.6 is 10.0 Å². The quantitative estimate of drug-likeness (QED) is 0.0966. The van der Waals surface area contributed by atoms with E-state index in [4.69, 9.17) is 9.47 Å². The largest absolute Gasteiger partial charge is 0.425 e. The molecule has 0 amide bonds. The molecule has 0 bridgehead atoms. The number of nitrogens with zero attached hydrogens (tertiary/aromatic N) is 2. The third kappa shape index (κ3) is 10.1. The number of carbonyl (C=O) groups excluding carboxylic acids is 2. The van der Waals surface area contributed by atoms with Gasteiger partial charge in [-0.15, -0.1) is 0 Å². The summed E-state index contributed by atoms with van der Waals surface area (Å²) in [5, 5.41) is 2.08. The third-order valence-electron chi connectivity index (χ3n) is 11.0. The molecule has 5 aromatic rings. The van der Waals surface area contributed by atoms with Gasteiger partial charge in [0.05, 0.1) is 10.2 Å². The van der Waals surface area contributed by atoms with Gasteiger partial charge in [0.2, 0.25) is 0 Å². The highest BCUT2D eigenvalue weighted by molar-refractivity contribution is 8.33. The van der Waals surface area contributed by atoms with Gasteiger partial charge in [-0.25, -0.2) is 10.0 Å². The molecule has 7 rings (SSSR count). The minimum Gasteiger partial charge on any atom is -0.425 e. The van der Waals surface area contributed by atoms with Crippen molar-refractivity contribution in [2.45, 2.75) is 89.2 Å². The van der Waals surface area contributed by atoms with E-state index in [2.05, 4.69) is 78.9 Å². The van der Waals surface area contributed by atoms with E-state index in [9.17, 15) is 9.59 Å². The fraction of sp³-hybridized carbons (Fsp3) is 0.489. The first kappa shape index (κ1) is 44.7. The maximum atomic E-state index is 13.4. The number of nitrogens with one attached hydrogen (secondary N) is 2. The van der Waals surface area contributed by atoms with Crippen molar-refractivity contribution in [3.8, 4) is 11.5 Å². The highest BCUT2D eigenvalue weighted by atomic mass is 32.3. The first-order valence-corrected chi connectivity index (χ1v) is 23.4. The molecular formula is C47H72N4O4S. The number of rotatable bonds is 12. The van der Waals surface area contributed by atoms with E-state index in [1.807, 2.05) is 94.7 Å². The summed E-state index contributed by atoms with van der Waals surface area (Å²) in [6.45, 7) is 9.91. The number of carbonyl (C=O) groups is 2. The molecule has 0 unspecified atom stereocenters. The Balaban J connectivity index is 0.000000361. The average Bonchev–Trinajstić information content (AvgIpc) is 3.49. The summed E-state index contributed by atoms with van der Waals surface area (Å²) in [4.78, 5) is 37.3. The number of aromatic nitrogens is 2. The second-order valence-corrected chi connectivity index (χ2v) is 20.3. The summed E-state index contributed by atoms with van der Waals surface area (Å²) < 4.78 is 11.8. The van der Waals surface area contributed by atoms with Gasteiger partial charge in [0.1, 0.15) is 11.5 Å². The molecule has 2 aromatic heterocycles. The van der Waals surface area contributed by atoms with Crippen LogP contribution in [-0.4, -0.2) is 96.5 Å². The first-order chi connectivity index (χ1) is 26.8. The molecule has 2 N–H and O–H groups in total. The van der Waals surface area contributed by atoms with Crippen molar-refractivity contribution in [3.63, 3.8) is 0 Å². The molecule has 2 aliphatic carbocycles. The summed E-state index contributed by atoms with van der Waals surface area (Å²) >= 11 is 0. The van der Waals surface area contributed by atoms with Crippen molar-refractivity contribution < 1.29 is 21.9 Å². The lowest BCUT2D eigenvalue weighted by Crippen LogP contribution is -2.36. The number of benzene rings is 3. The summed E-state index contributed by atoms with van der Waals surface area (Å²) in [6.07, 6.45) is 18.3. The molecule has 9 heteroatoms. The predicted octanol–water partition coefficient (Wildman–Crippen LogP) is 10.6. The van der Waals surface area contributed by atoms with Crippen LogP contribution in [0.4, 0.5) is 0 Å². The van der Waals surface area contributed by atoms with E-state index >= 15 is 0 Å². The minimum atomic E-state index is -0.971. The molecule has 0 atom stereocenters. The molecule has 0 radical (unpaired) electrons. The van der Waals surface area contributed by atoms with E-state index in [-0.39, 0.29) is 19.5 Å². The highest BCUT2D eigenvalue weighted by Gasteiger charge is 2.57. The molecule has 3 aromatic carbocycles. The Morgan fingerprint density at radius 2 is 1.09 bits per heavy atom. The topological polar surface area (TPSA) is 90.7 Å². The Morgan fingerprint density at radius 1 is 0.643 bits per heavy atom. The van der Waals surface area contributed by atoms with Gasteiger partial charge in [-0.1, -0.05) is 83.0 Å². The van der Waals surface area contributed by atoms with E-state index < -0.39 is 15.4 Å². The average molecular weight is 789 g/mol. The van der Waals surface area contributed by atoms with Gasteiger partial charge in [-0.2, -0.15) is 0 Å². The number of esters is 2. The van der Waals surface area contributed by atoms with Crippen molar-refractivity contribution in [2.24, 2.45) is 0 Å². The van der Waals surface area contributed by atoms with E-state index in [1.165, 1.54) is 11.1 Å². The van der Waals surface area contributed by atoms with Crippen LogP contribution in [0.25, 0.3) is 21.8 Å². The van der Waals surface area contributed by atoms with Crippen LogP contribution in [0.3, 0.4) is 0 Å². The number of fused-ring (bicyclic) bond motifs is 2. The summed E-state index contributed by atoms with van der Waals surface area (Å²) in [5.74, 6) is 1.20. The molecule has 310 valence electrons. The van der Waals surface area contributed by atoms with Gasteiger partial charge >= 0.3 is 11.9 Å². The molecule has 56 heavy (non-hydrogen) atoms. The second kappa shape index (κ2) is 19.9. The maximum Gasteiger partial charge on any atom is 0.326 e. The Kier molecular flexibility index (Phi) is 15.9. The van der Waals surface area contributed by atoms with E-state index in [0.29, 0.717) is 11.5 Å². The lowest BCUT2D eigenvalue weighted by molar-refractivity contribution is -0.140. The molecule has 2 aliphatic rings. The number of hydrogen-bond donors (Lipinski definition) is 2. The lowest BCUT2D eigenvalue weighted by atomic mass is 9.79. The van der Waals surface area contributed by atoms with Crippen LogP contribution in [-0.2, 0) is 27.8 Å². The fourth-order valence-corrected chi connectivity index (χ4v) is 9.48. The van der Waals surface area contributed by atoms with Gasteiger partial charge in [-0.3, -0.25) is 9.59 Å². The monoisotopic (exact) mass is 789 g/mol. The van der Waals surface area contributed by atoms with Crippen LogP contribution in [0.2, 0.25) is 0 Å². The van der Waals surface area contributed by atoms with Crippen molar-refractivity contribution in [3.05, 3.63) is 95.8 Å². The molecule has 2 saturated carbocycles. The molecule has 2 heterocycles. The van der Waals surface area contributed by atoms with Gasteiger partial charge in [-0.05, 0) is 126 Å². The summed E-state index contributed by atoms with van der Waals surface area (Å²) in [6, 6.07) is 21.9. The summed E-state index contributed by atoms with van der Waals surface area (Å²) in [7, 11) is 7.30. The molecule has 0 saturated heterocycles. The van der Waals surface area contributed by atoms with E-state index in [1.54, 1.807) is 0 Å². The van der Waals surface area contributed by atoms with Gasteiger partial charge < -0.3 is 29.2 Å². The normalized spacial score (nSPS) is 15.6. The van der Waals surface area contributed by atoms with Gasteiger partial charge in [0, 0.05) is 50.1 Å². The first-order valence-electron chi connectivity index (χ1n) is 20.5. The Bertz CT molecular complexity index is 2010. The smallest absolute Gasteiger partial charge is 0.326 e. The van der Waals surface area contributed by atoms with Crippen LogP contribution in [0.15, 0.2) is 79.1 Å².